The van der Waals surface area contributed by atoms with Gasteiger partial charge in [-0.25, -0.2) is 9.48 Å². The second-order valence-corrected chi connectivity index (χ2v) is 3.56. The second-order valence-electron chi connectivity index (χ2n) is 3.56. The van der Waals surface area contributed by atoms with Gasteiger partial charge in [0, 0.05) is 12.3 Å². The Hall–Kier alpha value is -2.90. The number of hydrogen-bond acceptors (Lipinski definition) is 5. The number of aromatic nitrogens is 2. The van der Waals surface area contributed by atoms with Crippen molar-refractivity contribution < 1.29 is 19.6 Å². The van der Waals surface area contributed by atoms with Crippen LogP contribution in [-0.2, 0) is 0 Å². The summed E-state index contributed by atoms with van der Waals surface area (Å²) in [5.41, 5.74) is 0.0193. The Bertz CT molecular complexity index is 650. The SMILES string of the molecule is COc1ccc(-n2ccc(C(=O)O)n2)cc1[N+](=O)[O-]. The Morgan fingerprint density at radius 1 is 1.47 bits per heavy atom. The standard InChI is InChI=1S/C11H9N3O5/c1-19-10-3-2-7(6-9(10)14(17)18)13-5-4-8(12-13)11(15)16/h2-6H,1H3,(H,15,16). The second kappa shape index (κ2) is 4.77. The average molecular weight is 263 g/mol. The van der Waals surface area contributed by atoms with Crippen molar-refractivity contribution in [2.75, 3.05) is 7.11 Å². The molecule has 98 valence electrons. The summed E-state index contributed by atoms with van der Waals surface area (Å²) in [6, 6.07) is 5.54. The molecule has 0 spiro atoms. The number of aromatic carboxylic acids is 1. The van der Waals surface area contributed by atoms with Gasteiger partial charge < -0.3 is 9.84 Å². The molecular formula is C11H9N3O5. The monoisotopic (exact) mass is 263 g/mol. The van der Waals surface area contributed by atoms with Crippen molar-refractivity contribution in [2.45, 2.75) is 0 Å². The number of nitro benzene ring substituents is 1. The molecule has 0 unspecified atom stereocenters. The summed E-state index contributed by atoms with van der Waals surface area (Å²) in [6.07, 6.45) is 1.41. The smallest absolute Gasteiger partial charge is 0.356 e. The number of carboxylic acid groups (broad SMARTS) is 1. The summed E-state index contributed by atoms with van der Waals surface area (Å²) < 4.78 is 6.12. The van der Waals surface area contributed by atoms with Gasteiger partial charge in [0.05, 0.1) is 17.7 Å². The van der Waals surface area contributed by atoms with Gasteiger partial charge in [-0.2, -0.15) is 5.10 Å². The van der Waals surface area contributed by atoms with E-state index in [0.717, 1.165) is 0 Å². The zero-order valence-electron chi connectivity index (χ0n) is 9.81. The van der Waals surface area contributed by atoms with Crippen LogP contribution in [0.2, 0.25) is 0 Å². The molecule has 1 heterocycles. The topological polar surface area (TPSA) is 107 Å². The summed E-state index contributed by atoms with van der Waals surface area (Å²) in [6.45, 7) is 0. The van der Waals surface area contributed by atoms with E-state index in [2.05, 4.69) is 5.10 Å². The molecule has 0 fully saturated rings. The van der Waals surface area contributed by atoms with Crippen LogP contribution in [0.4, 0.5) is 5.69 Å². The third-order valence-corrected chi connectivity index (χ3v) is 2.43. The van der Waals surface area contributed by atoms with Crippen LogP contribution >= 0.6 is 0 Å². The Balaban J connectivity index is 2.47. The fourth-order valence-electron chi connectivity index (χ4n) is 1.55. The quantitative estimate of drug-likeness (QED) is 0.661. The number of nitro groups is 1. The first-order valence-electron chi connectivity index (χ1n) is 5.14. The van der Waals surface area contributed by atoms with Crippen LogP contribution in [0.3, 0.4) is 0 Å². The number of hydrogen-bond donors (Lipinski definition) is 1. The highest BCUT2D eigenvalue weighted by molar-refractivity contribution is 5.85. The maximum atomic E-state index is 10.9. The molecule has 0 saturated heterocycles. The van der Waals surface area contributed by atoms with Crippen molar-refractivity contribution in [3.8, 4) is 11.4 Å². The molecule has 1 aromatic carbocycles. The van der Waals surface area contributed by atoms with Crippen molar-refractivity contribution in [1.82, 2.24) is 9.78 Å². The highest BCUT2D eigenvalue weighted by atomic mass is 16.6. The van der Waals surface area contributed by atoms with Crippen LogP contribution in [0.15, 0.2) is 30.5 Å². The van der Waals surface area contributed by atoms with Crippen molar-refractivity contribution in [1.29, 1.82) is 0 Å². The largest absolute Gasteiger partial charge is 0.490 e. The van der Waals surface area contributed by atoms with Gasteiger partial charge in [0.25, 0.3) is 0 Å². The molecule has 0 radical (unpaired) electrons. The lowest BCUT2D eigenvalue weighted by Gasteiger charge is -2.04. The van der Waals surface area contributed by atoms with Gasteiger partial charge in [0.1, 0.15) is 0 Å². The van der Waals surface area contributed by atoms with Crippen LogP contribution in [-0.4, -0.2) is 32.9 Å². The van der Waals surface area contributed by atoms with Gasteiger partial charge in [0.2, 0.25) is 0 Å². The van der Waals surface area contributed by atoms with Crippen molar-refractivity contribution in [3.05, 3.63) is 46.3 Å². The molecular weight excluding hydrogens is 254 g/mol. The summed E-state index contributed by atoms with van der Waals surface area (Å²) in [5, 5.41) is 23.4. The normalized spacial score (nSPS) is 10.2. The van der Waals surface area contributed by atoms with Crippen molar-refractivity contribution >= 4 is 11.7 Å². The first-order valence-corrected chi connectivity index (χ1v) is 5.14. The predicted octanol–water partition coefficient (Wildman–Crippen LogP) is 1.49. The van der Waals surface area contributed by atoms with E-state index in [1.807, 2.05) is 0 Å². The third kappa shape index (κ3) is 2.37. The number of benzene rings is 1. The van der Waals surface area contributed by atoms with E-state index in [0.29, 0.717) is 5.69 Å². The first-order chi connectivity index (χ1) is 9.02. The number of rotatable bonds is 4. The van der Waals surface area contributed by atoms with E-state index in [9.17, 15) is 14.9 Å². The third-order valence-electron chi connectivity index (χ3n) is 2.43. The molecule has 0 aliphatic heterocycles. The van der Waals surface area contributed by atoms with Gasteiger partial charge in [0.15, 0.2) is 11.4 Å². The maximum Gasteiger partial charge on any atom is 0.356 e. The minimum absolute atomic E-state index is 0.124. The Kier molecular flexibility index (Phi) is 3.15. The van der Waals surface area contributed by atoms with E-state index in [4.69, 9.17) is 9.84 Å². The Morgan fingerprint density at radius 3 is 2.74 bits per heavy atom. The van der Waals surface area contributed by atoms with Gasteiger partial charge in [-0.1, -0.05) is 0 Å². The highest BCUT2D eigenvalue weighted by Crippen LogP contribution is 2.28. The predicted molar refractivity (Wildman–Crippen MR) is 63.7 cm³/mol. The molecule has 19 heavy (non-hydrogen) atoms. The zero-order chi connectivity index (χ0) is 14.0. The number of ether oxygens (including phenoxy) is 1. The Morgan fingerprint density at radius 2 is 2.21 bits per heavy atom. The summed E-state index contributed by atoms with van der Waals surface area (Å²) >= 11 is 0. The molecule has 8 nitrogen and oxygen atoms in total. The van der Waals surface area contributed by atoms with E-state index in [1.54, 1.807) is 6.07 Å². The molecule has 2 rings (SSSR count). The molecule has 0 amide bonds. The molecule has 1 aromatic heterocycles. The minimum atomic E-state index is -1.17. The molecule has 0 saturated carbocycles. The van der Waals surface area contributed by atoms with Gasteiger partial charge in [-0.3, -0.25) is 10.1 Å². The molecule has 1 N–H and O–H groups in total. The first kappa shape index (κ1) is 12.6. The molecule has 0 aliphatic carbocycles. The Labute approximate surface area is 107 Å². The molecule has 8 heteroatoms. The van der Waals surface area contributed by atoms with E-state index in [-0.39, 0.29) is 17.1 Å². The minimum Gasteiger partial charge on any atom is -0.490 e. The molecule has 0 bridgehead atoms. The van der Waals surface area contributed by atoms with E-state index < -0.39 is 10.9 Å². The maximum absolute atomic E-state index is 10.9. The van der Waals surface area contributed by atoms with E-state index in [1.165, 1.54) is 36.2 Å². The van der Waals surface area contributed by atoms with E-state index >= 15 is 0 Å². The van der Waals surface area contributed by atoms with Crippen LogP contribution in [0, 0.1) is 10.1 Å². The van der Waals surface area contributed by atoms with Crippen LogP contribution in [0.1, 0.15) is 10.5 Å². The molecule has 2 aromatic rings. The zero-order valence-corrected chi connectivity index (χ0v) is 9.81. The number of methoxy groups -OCH3 is 1. The van der Waals surface area contributed by atoms with Crippen LogP contribution in [0.5, 0.6) is 5.75 Å². The lowest BCUT2D eigenvalue weighted by molar-refractivity contribution is -0.385. The van der Waals surface area contributed by atoms with Gasteiger partial charge >= 0.3 is 11.7 Å². The van der Waals surface area contributed by atoms with Gasteiger partial charge in [-0.05, 0) is 18.2 Å². The van der Waals surface area contributed by atoms with Gasteiger partial charge in [-0.15, -0.1) is 0 Å². The number of carboxylic acids is 1. The fourth-order valence-corrected chi connectivity index (χ4v) is 1.55. The van der Waals surface area contributed by atoms with Crippen LogP contribution in [0.25, 0.3) is 5.69 Å². The fraction of sp³-hybridized carbons (Fsp3) is 0.0909. The number of carbonyl (C=O) groups is 1. The van der Waals surface area contributed by atoms with Crippen molar-refractivity contribution in [3.63, 3.8) is 0 Å². The summed E-state index contributed by atoms with van der Waals surface area (Å²) in [5.74, 6) is -1.04. The molecule has 0 aliphatic rings. The summed E-state index contributed by atoms with van der Waals surface area (Å²) in [4.78, 5) is 21.0. The lowest BCUT2D eigenvalue weighted by atomic mass is 10.2. The summed E-state index contributed by atoms with van der Waals surface area (Å²) in [7, 11) is 1.33. The van der Waals surface area contributed by atoms with Crippen LogP contribution < -0.4 is 4.74 Å². The van der Waals surface area contributed by atoms with Crippen molar-refractivity contribution in [2.24, 2.45) is 0 Å². The number of nitrogens with zero attached hydrogens (tertiary/aromatic N) is 3. The average Bonchev–Trinajstić information content (AvgIpc) is 2.87. The highest BCUT2D eigenvalue weighted by Gasteiger charge is 2.16. The lowest BCUT2D eigenvalue weighted by Crippen LogP contribution is -2.02. The molecule has 0 atom stereocenters.